The van der Waals surface area contributed by atoms with Crippen molar-refractivity contribution in [1.82, 2.24) is 0 Å². The van der Waals surface area contributed by atoms with Crippen LogP contribution >= 0.6 is 0 Å². The Labute approximate surface area is 144 Å². The fourth-order valence-electron chi connectivity index (χ4n) is 3.08. The van der Waals surface area contributed by atoms with E-state index in [1.165, 1.54) is 50.5 Å². The first-order valence-electron chi connectivity index (χ1n) is 9.39. The minimum Gasteiger partial charge on any atom is -0.342 e. The van der Waals surface area contributed by atoms with Crippen molar-refractivity contribution >= 4 is 8.07 Å². The Morgan fingerprint density at radius 2 is 1.39 bits per heavy atom. The Hall–Kier alpha value is -0.383. The average Bonchev–Trinajstić information content (AvgIpc) is 2.42. The van der Waals surface area contributed by atoms with Gasteiger partial charge in [0.25, 0.3) is 0 Å². The molecule has 2 aliphatic rings. The molecule has 1 saturated heterocycles. The van der Waals surface area contributed by atoms with E-state index in [0.717, 1.165) is 13.2 Å². The van der Waals surface area contributed by atoms with Crippen LogP contribution in [0.1, 0.15) is 58.8 Å². The summed E-state index contributed by atoms with van der Waals surface area (Å²) in [5.74, 6) is -0.621. The first-order valence-corrected chi connectivity index (χ1v) is 13.0. The third-order valence-electron chi connectivity index (χ3n) is 4.59. The largest absolute Gasteiger partial charge is 0.342 e. The lowest BCUT2D eigenvalue weighted by atomic mass is 9.92. The van der Waals surface area contributed by atoms with E-state index in [4.69, 9.17) is 9.47 Å². The van der Waals surface area contributed by atoms with Gasteiger partial charge in [-0.2, -0.15) is 0 Å². The van der Waals surface area contributed by atoms with E-state index in [0.29, 0.717) is 0 Å². The van der Waals surface area contributed by atoms with Gasteiger partial charge in [-0.25, -0.2) is 0 Å². The highest BCUT2D eigenvalue weighted by atomic mass is 28.3. The molecule has 0 radical (unpaired) electrons. The maximum absolute atomic E-state index is 6.29. The van der Waals surface area contributed by atoms with E-state index in [2.05, 4.69) is 51.3 Å². The van der Waals surface area contributed by atoms with Crippen molar-refractivity contribution < 1.29 is 9.47 Å². The first-order chi connectivity index (χ1) is 10.7. The smallest absolute Gasteiger partial charge is 0.207 e. The summed E-state index contributed by atoms with van der Waals surface area (Å²) in [6, 6.07) is 0. The molecule has 3 heteroatoms. The number of allylic oxidation sites excluding steroid dienone is 1. The van der Waals surface area contributed by atoms with Gasteiger partial charge in [0.05, 0.1) is 21.3 Å². The van der Waals surface area contributed by atoms with Gasteiger partial charge in [-0.1, -0.05) is 64.0 Å². The van der Waals surface area contributed by atoms with E-state index in [-0.39, 0.29) is 5.41 Å². The van der Waals surface area contributed by atoms with Gasteiger partial charge in [0, 0.05) is 5.41 Å². The van der Waals surface area contributed by atoms with Crippen LogP contribution in [0.4, 0.5) is 0 Å². The molecule has 1 saturated carbocycles. The molecule has 132 valence electrons. The van der Waals surface area contributed by atoms with E-state index >= 15 is 0 Å². The summed E-state index contributed by atoms with van der Waals surface area (Å²) in [5.41, 5.74) is 4.01. The molecule has 0 aromatic rings. The lowest BCUT2D eigenvalue weighted by Crippen LogP contribution is -2.45. The molecular weight excluding hydrogens is 300 g/mol. The lowest BCUT2D eigenvalue weighted by molar-refractivity contribution is -0.246. The van der Waals surface area contributed by atoms with Crippen LogP contribution in [0.15, 0.2) is 23.4 Å². The standard InChI is InChI=1S/C20H36O2Si/c1-19(2)16-21-20(22-17-19,13-14-23(3,4)5)15-18-11-9-7-6-8-10-12-18/h13-15H,6-12,16-17H2,1-5H3/b14-13+. The Morgan fingerprint density at radius 3 is 1.91 bits per heavy atom. The normalized spacial score (nSPS) is 25.9. The van der Waals surface area contributed by atoms with Gasteiger partial charge in [0.15, 0.2) is 0 Å². The van der Waals surface area contributed by atoms with Gasteiger partial charge in [0.2, 0.25) is 5.79 Å². The fraction of sp³-hybridized carbons (Fsp3) is 0.800. The molecule has 0 aromatic heterocycles. The molecule has 0 amide bonds. The second-order valence-corrected chi connectivity index (χ2v) is 14.3. The third-order valence-corrected chi connectivity index (χ3v) is 5.76. The second-order valence-electron chi connectivity index (χ2n) is 9.23. The zero-order valence-electron chi connectivity index (χ0n) is 15.9. The summed E-state index contributed by atoms with van der Waals surface area (Å²) < 4.78 is 12.6. The molecule has 2 fully saturated rings. The van der Waals surface area contributed by atoms with Crippen LogP contribution in [-0.2, 0) is 9.47 Å². The number of rotatable bonds is 3. The van der Waals surface area contributed by atoms with Crippen molar-refractivity contribution in [2.45, 2.75) is 84.2 Å². The highest BCUT2D eigenvalue weighted by Gasteiger charge is 2.37. The third kappa shape index (κ3) is 6.56. The Kier molecular flexibility index (Phi) is 6.32. The topological polar surface area (TPSA) is 18.5 Å². The highest BCUT2D eigenvalue weighted by Crippen LogP contribution is 2.34. The van der Waals surface area contributed by atoms with Gasteiger partial charge in [0.1, 0.15) is 0 Å². The van der Waals surface area contributed by atoms with Crippen LogP contribution in [0, 0.1) is 5.41 Å². The van der Waals surface area contributed by atoms with Crippen molar-refractivity contribution in [3.8, 4) is 0 Å². The summed E-state index contributed by atoms with van der Waals surface area (Å²) in [4.78, 5) is 0. The highest BCUT2D eigenvalue weighted by molar-refractivity contribution is 6.80. The fourth-order valence-corrected chi connectivity index (χ4v) is 3.81. The van der Waals surface area contributed by atoms with Crippen molar-refractivity contribution in [3.63, 3.8) is 0 Å². The van der Waals surface area contributed by atoms with Crippen LogP contribution < -0.4 is 0 Å². The molecule has 0 aromatic carbocycles. The molecule has 1 aliphatic heterocycles. The van der Waals surface area contributed by atoms with E-state index in [1.807, 2.05) is 0 Å². The molecule has 1 heterocycles. The van der Waals surface area contributed by atoms with Crippen molar-refractivity contribution in [2.24, 2.45) is 5.41 Å². The molecule has 1 aliphatic carbocycles. The van der Waals surface area contributed by atoms with Gasteiger partial charge >= 0.3 is 0 Å². The van der Waals surface area contributed by atoms with E-state index in [9.17, 15) is 0 Å². The Balaban J connectivity index is 2.20. The van der Waals surface area contributed by atoms with Crippen LogP contribution in [0.2, 0.25) is 19.6 Å². The van der Waals surface area contributed by atoms with E-state index < -0.39 is 13.9 Å². The predicted molar refractivity (Wildman–Crippen MR) is 101 cm³/mol. The summed E-state index contributed by atoms with van der Waals surface area (Å²) in [7, 11) is -1.28. The molecule has 2 nitrogen and oxygen atoms in total. The van der Waals surface area contributed by atoms with Crippen LogP contribution in [0.5, 0.6) is 0 Å². The zero-order valence-corrected chi connectivity index (χ0v) is 16.9. The van der Waals surface area contributed by atoms with Gasteiger partial charge < -0.3 is 9.47 Å². The monoisotopic (exact) mass is 336 g/mol. The van der Waals surface area contributed by atoms with Crippen LogP contribution in [0.3, 0.4) is 0 Å². The molecule has 0 bridgehead atoms. The molecule has 0 unspecified atom stereocenters. The van der Waals surface area contributed by atoms with Gasteiger partial charge in [-0.3, -0.25) is 0 Å². The van der Waals surface area contributed by atoms with Crippen molar-refractivity contribution in [1.29, 1.82) is 0 Å². The maximum atomic E-state index is 6.29. The van der Waals surface area contributed by atoms with Crippen molar-refractivity contribution in [2.75, 3.05) is 13.2 Å². The Morgan fingerprint density at radius 1 is 0.870 bits per heavy atom. The molecule has 2 rings (SSSR count). The summed E-state index contributed by atoms with van der Waals surface area (Å²) >= 11 is 0. The molecule has 0 atom stereocenters. The minimum atomic E-state index is -1.28. The molecule has 0 N–H and O–H groups in total. The first kappa shape index (κ1) is 18.9. The predicted octanol–water partition coefficient (Wildman–Crippen LogP) is 5.86. The molecule has 0 spiro atoms. The van der Waals surface area contributed by atoms with Gasteiger partial charge in [-0.15, -0.1) is 0 Å². The summed E-state index contributed by atoms with van der Waals surface area (Å²) in [5, 5.41) is 0. The number of hydrogen-bond donors (Lipinski definition) is 0. The van der Waals surface area contributed by atoms with E-state index in [1.54, 1.807) is 0 Å². The minimum absolute atomic E-state index is 0.107. The SMILES string of the molecule is CC1(C)COC(C=C2CCCCCCC2)(/C=C/[Si](C)(C)C)OC1. The quantitative estimate of drug-likeness (QED) is 0.474. The van der Waals surface area contributed by atoms with Crippen molar-refractivity contribution in [3.05, 3.63) is 23.4 Å². The number of ether oxygens (including phenoxy) is 2. The second kappa shape index (κ2) is 7.67. The van der Waals surface area contributed by atoms with Gasteiger partial charge in [-0.05, 0) is 37.8 Å². The number of hydrogen-bond acceptors (Lipinski definition) is 2. The average molecular weight is 337 g/mol. The molecule has 23 heavy (non-hydrogen) atoms. The Bertz CT molecular complexity index is 423. The lowest BCUT2D eigenvalue weighted by Gasteiger charge is -2.41. The van der Waals surface area contributed by atoms with Crippen LogP contribution in [0.25, 0.3) is 0 Å². The summed E-state index contributed by atoms with van der Waals surface area (Å²) in [6.07, 6.45) is 13.7. The molecular formula is C20H36O2Si. The zero-order chi connectivity index (χ0) is 17.0. The maximum Gasteiger partial charge on any atom is 0.207 e. The summed E-state index contributed by atoms with van der Waals surface area (Å²) in [6.45, 7) is 13.0. The van der Waals surface area contributed by atoms with Crippen LogP contribution in [-0.4, -0.2) is 27.1 Å².